The van der Waals surface area contributed by atoms with Crippen LogP contribution in [-0.2, 0) is 11.3 Å². The molecule has 3 nitrogen and oxygen atoms in total. The van der Waals surface area contributed by atoms with E-state index in [-0.39, 0.29) is 6.54 Å². The summed E-state index contributed by atoms with van der Waals surface area (Å²) in [5, 5.41) is 0. The molecular formula is C14H17F2NO2. The van der Waals surface area contributed by atoms with E-state index in [0.29, 0.717) is 32.5 Å². The monoisotopic (exact) mass is 269 g/mol. The highest BCUT2D eigenvalue weighted by Gasteiger charge is 2.41. The predicted molar refractivity (Wildman–Crippen MR) is 66.3 cm³/mol. The Morgan fingerprint density at radius 1 is 1.21 bits per heavy atom. The lowest BCUT2D eigenvalue weighted by atomic mass is 10.0. The van der Waals surface area contributed by atoms with Gasteiger partial charge >= 0.3 is 0 Å². The maximum Gasteiger partial charge on any atom is 0.251 e. The molecule has 2 aliphatic heterocycles. The smallest absolute Gasteiger partial charge is 0.251 e. The molecule has 3 rings (SSSR count). The second kappa shape index (κ2) is 5.06. The normalized spacial score (nSPS) is 22.3. The van der Waals surface area contributed by atoms with E-state index in [1.807, 2.05) is 24.3 Å². The molecular weight excluding hydrogens is 252 g/mol. The van der Waals surface area contributed by atoms with Crippen molar-refractivity contribution < 1.29 is 18.3 Å². The minimum absolute atomic E-state index is 0.160. The average molecular weight is 269 g/mol. The van der Waals surface area contributed by atoms with Gasteiger partial charge < -0.3 is 9.47 Å². The summed E-state index contributed by atoms with van der Waals surface area (Å²) >= 11 is 0. The van der Waals surface area contributed by atoms with Crippen molar-refractivity contribution in [2.75, 3.05) is 19.6 Å². The first kappa shape index (κ1) is 12.8. The summed E-state index contributed by atoms with van der Waals surface area (Å²) in [6.07, 6.45) is -1.01. The van der Waals surface area contributed by atoms with Crippen LogP contribution in [0.3, 0.4) is 0 Å². The van der Waals surface area contributed by atoms with Crippen LogP contribution < -0.4 is 4.74 Å². The molecule has 0 amide bonds. The first-order valence-corrected chi connectivity index (χ1v) is 6.58. The third kappa shape index (κ3) is 2.72. The average Bonchev–Trinajstić information content (AvgIpc) is 2.41. The molecule has 1 aromatic rings. The number of nitrogens with zero attached hydrogens (tertiary/aromatic N) is 1. The van der Waals surface area contributed by atoms with E-state index in [9.17, 15) is 8.78 Å². The fourth-order valence-electron chi connectivity index (χ4n) is 2.68. The lowest BCUT2D eigenvalue weighted by Crippen LogP contribution is -2.51. The zero-order valence-corrected chi connectivity index (χ0v) is 10.6. The number of piperidine rings is 1. The van der Waals surface area contributed by atoms with E-state index in [2.05, 4.69) is 0 Å². The van der Waals surface area contributed by atoms with Gasteiger partial charge in [-0.2, -0.15) is 0 Å². The molecule has 104 valence electrons. The van der Waals surface area contributed by atoms with Gasteiger partial charge in [0.2, 0.25) is 5.79 Å². The molecule has 0 saturated carbocycles. The van der Waals surface area contributed by atoms with Crippen LogP contribution in [0.1, 0.15) is 18.4 Å². The van der Waals surface area contributed by atoms with E-state index < -0.39 is 12.2 Å². The van der Waals surface area contributed by atoms with Gasteiger partial charge in [-0.1, -0.05) is 18.2 Å². The molecule has 2 aliphatic rings. The molecule has 1 spiro atoms. The second-order valence-electron chi connectivity index (χ2n) is 5.10. The van der Waals surface area contributed by atoms with E-state index in [1.165, 1.54) is 0 Å². The number of para-hydroxylation sites is 1. The number of alkyl halides is 2. The maximum atomic E-state index is 12.3. The van der Waals surface area contributed by atoms with Gasteiger partial charge in [0.1, 0.15) is 5.75 Å². The van der Waals surface area contributed by atoms with Crippen LogP contribution in [0.25, 0.3) is 0 Å². The Morgan fingerprint density at radius 3 is 2.68 bits per heavy atom. The summed E-state index contributed by atoms with van der Waals surface area (Å²) in [7, 11) is 0. The molecule has 1 fully saturated rings. The Balaban J connectivity index is 1.65. The molecule has 5 heteroatoms. The van der Waals surface area contributed by atoms with Crippen molar-refractivity contribution in [3.8, 4) is 5.75 Å². The van der Waals surface area contributed by atoms with E-state index in [4.69, 9.17) is 9.47 Å². The van der Waals surface area contributed by atoms with Crippen LogP contribution in [0.5, 0.6) is 5.75 Å². The topological polar surface area (TPSA) is 21.7 Å². The minimum atomic E-state index is -2.28. The number of ether oxygens (including phenoxy) is 2. The Kier molecular flexibility index (Phi) is 3.41. The third-order valence-corrected chi connectivity index (χ3v) is 3.77. The number of benzene rings is 1. The third-order valence-electron chi connectivity index (χ3n) is 3.77. The number of hydrogen-bond donors (Lipinski definition) is 0. The highest BCUT2D eigenvalue weighted by molar-refractivity contribution is 5.34. The predicted octanol–water partition coefficient (Wildman–Crippen LogP) is 2.65. The molecule has 19 heavy (non-hydrogen) atoms. The molecule has 0 bridgehead atoms. The Bertz CT molecular complexity index is 445. The molecule has 0 atom stereocenters. The Hall–Kier alpha value is -1.20. The van der Waals surface area contributed by atoms with Crippen molar-refractivity contribution in [1.82, 2.24) is 4.90 Å². The van der Waals surface area contributed by atoms with Gasteiger partial charge in [0.15, 0.2) is 0 Å². The van der Waals surface area contributed by atoms with Crippen LogP contribution in [-0.4, -0.2) is 36.7 Å². The second-order valence-corrected chi connectivity index (χ2v) is 5.10. The van der Waals surface area contributed by atoms with Crippen molar-refractivity contribution in [2.45, 2.75) is 31.7 Å². The van der Waals surface area contributed by atoms with Crippen molar-refractivity contribution in [3.05, 3.63) is 29.8 Å². The van der Waals surface area contributed by atoms with Gasteiger partial charge in [-0.15, -0.1) is 0 Å². The number of rotatable bonds is 2. The molecule has 0 N–H and O–H groups in total. The summed E-state index contributed by atoms with van der Waals surface area (Å²) in [4.78, 5) is 1.77. The molecule has 0 aromatic heterocycles. The number of hydrogen-bond acceptors (Lipinski definition) is 3. The van der Waals surface area contributed by atoms with Gasteiger partial charge in [0.25, 0.3) is 6.43 Å². The van der Waals surface area contributed by atoms with Crippen molar-refractivity contribution in [1.29, 1.82) is 0 Å². The van der Waals surface area contributed by atoms with Gasteiger partial charge in [-0.3, -0.25) is 4.90 Å². The lowest BCUT2D eigenvalue weighted by molar-refractivity contribution is -0.229. The number of fused-ring (bicyclic) bond motifs is 1. The molecule has 1 saturated heterocycles. The van der Waals surface area contributed by atoms with Gasteiger partial charge in [-0.25, -0.2) is 8.78 Å². The van der Waals surface area contributed by atoms with E-state index in [0.717, 1.165) is 11.3 Å². The highest BCUT2D eigenvalue weighted by Crippen LogP contribution is 2.37. The van der Waals surface area contributed by atoms with Gasteiger partial charge in [0, 0.05) is 31.5 Å². The van der Waals surface area contributed by atoms with Crippen LogP contribution in [0.2, 0.25) is 0 Å². The first-order chi connectivity index (χ1) is 9.17. The largest absolute Gasteiger partial charge is 0.462 e. The quantitative estimate of drug-likeness (QED) is 0.824. The van der Waals surface area contributed by atoms with E-state index >= 15 is 0 Å². The summed E-state index contributed by atoms with van der Waals surface area (Å²) in [5.74, 6) is 0.239. The molecule has 0 aliphatic carbocycles. The standard InChI is InChI=1S/C14H17F2NO2/c15-13(16)9-17-7-5-14(6-8-17)18-10-11-3-1-2-4-12(11)19-14/h1-4,13H,5-10H2. The molecule has 0 radical (unpaired) electrons. The number of halogens is 2. The summed E-state index contributed by atoms with van der Waals surface area (Å²) < 4.78 is 36.5. The van der Waals surface area contributed by atoms with Crippen LogP contribution in [0, 0.1) is 0 Å². The van der Waals surface area contributed by atoms with Crippen molar-refractivity contribution in [3.63, 3.8) is 0 Å². The van der Waals surface area contributed by atoms with Crippen LogP contribution in [0.4, 0.5) is 8.78 Å². The Labute approximate surface area is 111 Å². The molecule has 1 aromatic carbocycles. The summed E-state index contributed by atoms with van der Waals surface area (Å²) in [5.41, 5.74) is 1.04. The zero-order valence-electron chi connectivity index (χ0n) is 10.6. The van der Waals surface area contributed by atoms with Crippen LogP contribution >= 0.6 is 0 Å². The fourth-order valence-corrected chi connectivity index (χ4v) is 2.68. The summed E-state index contributed by atoms with van der Waals surface area (Å²) in [6, 6.07) is 7.80. The van der Waals surface area contributed by atoms with Crippen molar-refractivity contribution >= 4 is 0 Å². The van der Waals surface area contributed by atoms with E-state index in [1.54, 1.807) is 4.90 Å². The van der Waals surface area contributed by atoms with Crippen molar-refractivity contribution in [2.24, 2.45) is 0 Å². The molecule has 2 heterocycles. The van der Waals surface area contributed by atoms with Gasteiger partial charge in [0.05, 0.1) is 13.2 Å². The first-order valence-electron chi connectivity index (χ1n) is 6.58. The minimum Gasteiger partial charge on any atom is -0.462 e. The summed E-state index contributed by atoms with van der Waals surface area (Å²) in [6.45, 7) is 1.55. The number of likely N-dealkylation sites (tertiary alicyclic amines) is 1. The molecule has 0 unspecified atom stereocenters. The fraction of sp³-hybridized carbons (Fsp3) is 0.571. The highest BCUT2D eigenvalue weighted by atomic mass is 19.3. The maximum absolute atomic E-state index is 12.3. The Morgan fingerprint density at radius 2 is 1.95 bits per heavy atom. The lowest BCUT2D eigenvalue weighted by Gasteiger charge is -2.43. The SMILES string of the molecule is FC(F)CN1CCC2(CC1)OCc1ccccc1O2. The van der Waals surface area contributed by atoms with Gasteiger partial charge in [-0.05, 0) is 6.07 Å². The van der Waals surface area contributed by atoms with Crippen LogP contribution in [0.15, 0.2) is 24.3 Å². The zero-order chi connectivity index (χ0) is 13.3.